The number of aromatic nitrogens is 4. The van der Waals surface area contributed by atoms with Crippen molar-refractivity contribution in [2.75, 3.05) is 5.75 Å². The molecule has 1 aliphatic heterocycles. The lowest BCUT2D eigenvalue weighted by Gasteiger charge is -2.08. The molecular formula is C13H10BrN4S+. The molecule has 0 radical (unpaired) electrons. The van der Waals surface area contributed by atoms with Crippen LogP contribution in [0.5, 0.6) is 0 Å². The van der Waals surface area contributed by atoms with Gasteiger partial charge in [-0.15, -0.1) is 0 Å². The molecule has 2 aromatic heterocycles. The van der Waals surface area contributed by atoms with Crippen LogP contribution in [0.1, 0.15) is 11.6 Å². The first kappa shape index (κ1) is 11.4. The molecule has 3 aromatic rings. The molecule has 4 rings (SSSR count). The van der Waals surface area contributed by atoms with Gasteiger partial charge in [-0.25, -0.2) is 4.57 Å². The van der Waals surface area contributed by atoms with Gasteiger partial charge in [0.1, 0.15) is 6.04 Å². The maximum atomic E-state index is 4.40. The van der Waals surface area contributed by atoms with E-state index < -0.39 is 0 Å². The molecule has 1 atom stereocenters. The van der Waals surface area contributed by atoms with Crippen molar-refractivity contribution in [3.63, 3.8) is 0 Å². The number of rotatable bonds is 1. The van der Waals surface area contributed by atoms with Crippen LogP contribution in [0.4, 0.5) is 0 Å². The zero-order valence-electron chi connectivity index (χ0n) is 9.88. The molecule has 0 spiro atoms. The third kappa shape index (κ3) is 1.78. The topological polar surface area (TPSA) is 45.5 Å². The van der Waals surface area contributed by atoms with Crippen LogP contribution in [-0.2, 0) is 0 Å². The van der Waals surface area contributed by atoms with Gasteiger partial charge in [0.15, 0.2) is 10.5 Å². The highest BCUT2D eigenvalue weighted by molar-refractivity contribution is 9.10. The van der Waals surface area contributed by atoms with Crippen molar-refractivity contribution in [3.05, 3.63) is 47.0 Å². The van der Waals surface area contributed by atoms with Crippen LogP contribution >= 0.6 is 27.7 Å². The summed E-state index contributed by atoms with van der Waals surface area (Å²) in [5.74, 6) is 1.03. The highest BCUT2D eigenvalue weighted by atomic mass is 79.9. The molecule has 19 heavy (non-hydrogen) atoms. The van der Waals surface area contributed by atoms with Crippen LogP contribution in [0.2, 0.25) is 0 Å². The van der Waals surface area contributed by atoms with Crippen molar-refractivity contribution >= 4 is 38.9 Å². The lowest BCUT2D eigenvalue weighted by Crippen LogP contribution is -2.39. The van der Waals surface area contributed by atoms with Crippen molar-refractivity contribution in [2.24, 2.45) is 0 Å². The summed E-state index contributed by atoms with van der Waals surface area (Å²) in [5.41, 5.74) is 3.13. The van der Waals surface area contributed by atoms with E-state index in [9.17, 15) is 0 Å². The van der Waals surface area contributed by atoms with Crippen LogP contribution < -0.4 is 4.57 Å². The van der Waals surface area contributed by atoms with Crippen LogP contribution in [0, 0.1) is 0 Å². The van der Waals surface area contributed by atoms with E-state index in [0.29, 0.717) is 6.04 Å². The van der Waals surface area contributed by atoms with E-state index in [4.69, 9.17) is 0 Å². The molecule has 0 unspecified atom stereocenters. The number of benzene rings is 1. The minimum Gasteiger partial charge on any atom is -0.337 e. The van der Waals surface area contributed by atoms with E-state index >= 15 is 0 Å². The minimum absolute atomic E-state index is 0.341. The Labute approximate surface area is 122 Å². The first-order valence-electron chi connectivity index (χ1n) is 5.94. The maximum absolute atomic E-state index is 4.40. The molecule has 6 heteroatoms. The average molecular weight is 334 g/mol. The zero-order chi connectivity index (χ0) is 12.8. The standard InChI is InChI=1S/C13H9BrN4S/c14-9-3-1-8(2-4-9)10-5-19-13-11-12(16-6-15-11)17-7-18(10)13/h1-4,6-7,10H,5H2/p+1/t10-/m0/s1. The van der Waals surface area contributed by atoms with E-state index in [1.807, 2.05) is 18.1 Å². The molecule has 0 saturated carbocycles. The number of nitrogens with zero attached hydrogens (tertiary/aromatic N) is 3. The van der Waals surface area contributed by atoms with Crippen LogP contribution in [-0.4, -0.2) is 20.7 Å². The molecule has 4 nitrogen and oxygen atoms in total. The van der Waals surface area contributed by atoms with Gasteiger partial charge in [0.25, 0.3) is 12.0 Å². The minimum atomic E-state index is 0.341. The Bertz CT molecular complexity index is 753. The maximum Gasteiger partial charge on any atom is 0.296 e. The quantitative estimate of drug-likeness (QED) is 0.550. The number of hydrogen-bond acceptors (Lipinski definition) is 3. The summed E-state index contributed by atoms with van der Waals surface area (Å²) in [4.78, 5) is 11.8. The van der Waals surface area contributed by atoms with Crippen molar-refractivity contribution in [3.8, 4) is 0 Å². The summed E-state index contributed by atoms with van der Waals surface area (Å²) in [6, 6.07) is 8.83. The first-order valence-corrected chi connectivity index (χ1v) is 7.72. The summed E-state index contributed by atoms with van der Waals surface area (Å²) in [6.07, 6.45) is 3.59. The number of nitrogens with one attached hydrogen (secondary N) is 1. The highest BCUT2D eigenvalue weighted by Crippen LogP contribution is 2.33. The molecule has 0 aliphatic carbocycles. The number of fused-ring (bicyclic) bond motifs is 3. The molecule has 1 N–H and O–H groups in total. The van der Waals surface area contributed by atoms with Gasteiger partial charge in [0.2, 0.25) is 0 Å². The lowest BCUT2D eigenvalue weighted by molar-refractivity contribution is -0.739. The SMILES string of the molecule is Brc1ccc([C@@H]2CSc3c4[nH]cnc4nc[n+]32)cc1. The molecule has 0 bridgehead atoms. The van der Waals surface area contributed by atoms with Gasteiger partial charge in [-0.3, -0.25) is 0 Å². The monoisotopic (exact) mass is 333 g/mol. The number of halogens is 1. The van der Waals surface area contributed by atoms with E-state index in [1.165, 1.54) is 10.6 Å². The fourth-order valence-electron chi connectivity index (χ4n) is 2.39. The second kappa shape index (κ2) is 4.31. The molecule has 1 aromatic carbocycles. The second-order valence-corrected chi connectivity index (χ2v) is 6.36. The molecular weight excluding hydrogens is 324 g/mol. The Morgan fingerprint density at radius 2 is 2.11 bits per heavy atom. The number of imidazole rings is 1. The van der Waals surface area contributed by atoms with Crippen LogP contribution in [0.3, 0.4) is 0 Å². The Kier molecular flexibility index (Phi) is 2.60. The van der Waals surface area contributed by atoms with Crippen molar-refractivity contribution < 1.29 is 4.57 Å². The molecule has 0 saturated heterocycles. The third-order valence-electron chi connectivity index (χ3n) is 3.34. The van der Waals surface area contributed by atoms with E-state index in [1.54, 1.807) is 6.33 Å². The van der Waals surface area contributed by atoms with Gasteiger partial charge in [-0.2, -0.15) is 4.98 Å². The van der Waals surface area contributed by atoms with Gasteiger partial charge >= 0.3 is 0 Å². The molecule has 3 heterocycles. The lowest BCUT2D eigenvalue weighted by atomic mass is 10.1. The Balaban J connectivity index is 1.85. The van der Waals surface area contributed by atoms with Crippen LogP contribution in [0.15, 0.2) is 46.4 Å². The molecule has 94 valence electrons. The number of hydrogen-bond donors (Lipinski definition) is 1. The first-order chi connectivity index (χ1) is 9.33. The summed E-state index contributed by atoms with van der Waals surface area (Å²) in [7, 11) is 0. The van der Waals surface area contributed by atoms with Crippen molar-refractivity contribution in [1.82, 2.24) is 15.0 Å². The Morgan fingerprint density at radius 1 is 1.26 bits per heavy atom. The summed E-state index contributed by atoms with van der Waals surface area (Å²) in [6.45, 7) is 0. The average Bonchev–Trinajstić information content (AvgIpc) is 3.04. The van der Waals surface area contributed by atoms with Gasteiger partial charge in [-0.1, -0.05) is 39.8 Å². The summed E-state index contributed by atoms with van der Waals surface area (Å²) < 4.78 is 3.34. The number of thioether (sulfide) groups is 1. The largest absolute Gasteiger partial charge is 0.337 e. The van der Waals surface area contributed by atoms with Crippen molar-refractivity contribution in [2.45, 2.75) is 11.1 Å². The second-order valence-electron chi connectivity index (χ2n) is 4.44. The zero-order valence-corrected chi connectivity index (χ0v) is 12.3. The number of aromatic amines is 1. The summed E-state index contributed by atoms with van der Waals surface area (Å²) in [5, 5.41) is 1.22. The van der Waals surface area contributed by atoms with Gasteiger partial charge in [-0.05, 0) is 22.7 Å². The summed E-state index contributed by atoms with van der Waals surface area (Å²) >= 11 is 5.32. The Morgan fingerprint density at radius 3 is 2.95 bits per heavy atom. The van der Waals surface area contributed by atoms with Crippen LogP contribution in [0.25, 0.3) is 11.2 Å². The predicted molar refractivity (Wildman–Crippen MR) is 77.1 cm³/mol. The molecule has 0 fully saturated rings. The highest BCUT2D eigenvalue weighted by Gasteiger charge is 2.32. The smallest absolute Gasteiger partial charge is 0.296 e. The van der Waals surface area contributed by atoms with E-state index in [-0.39, 0.29) is 0 Å². The van der Waals surface area contributed by atoms with E-state index in [2.05, 4.69) is 59.7 Å². The van der Waals surface area contributed by atoms with Crippen molar-refractivity contribution in [1.29, 1.82) is 0 Å². The van der Waals surface area contributed by atoms with Gasteiger partial charge < -0.3 is 4.98 Å². The fourth-order valence-corrected chi connectivity index (χ4v) is 3.94. The molecule has 0 amide bonds. The Hall–Kier alpha value is -1.40. The predicted octanol–water partition coefficient (Wildman–Crippen LogP) is 2.70. The third-order valence-corrected chi connectivity index (χ3v) is 5.04. The normalized spacial score (nSPS) is 17.8. The number of H-pyrrole nitrogens is 1. The van der Waals surface area contributed by atoms with E-state index in [0.717, 1.165) is 21.4 Å². The van der Waals surface area contributed by atoms with Gasteiger partial charge in [0, 0.05) is 10.2 Å². The van der Waals surface area contributed by atoms with Gasteiger partial charge in [0.05, 0.1) is 6.33 Å². The fraction of sp³-hybridized carbons (Fsp3) is 0.154. The molecule has 1 aliphatic rings.